The van der Waals surface area contributed by atoms with E-state index in [0.717, 1.165) is 62.5 Å². The van der Waals surface area contributed by atoms with Gasteiger partial charge in [0.25, 0.3) is 0 Å². The molecule has 0 fully saturated rings. The van der Waals surface area contributed by atoms with Crippen LogP contribution in [0.2, 0.25) is 0 Å². The van der Waals surface area contributed by atoms with E-state index in [9.17, 15) is 20.6 Å². The summed E-state index contributed by atoms with van der Waals surface area (Å²) in [6, 6.07) is 11.2. The van der Waals surface area contributed by atoms with Gasteiger partial charge in [0, 0.05) is 11.1 Å². The molecule has 2 rings (SSSR count). The Kier molecular flexibility index (Phi) is 16.5. The van der Waals surface area contributed by atoms with Gasteiger partial charge >= 0.3 is 0 Å². The second-order valence-electron chi connectivity index (χ2n) is 11.0. The second kappa shape index (κ2) is 19.9. The largest absolute Gasteiger partial charge is 0.507 e. The fourth-order valence-electron chi connectivity index (χ4n) is 5.22. The molecule has 6 heteroatoms. The molecule has 222 valence electrons. The average Bonchev–Trinajstić information content (AvgIpc) is 2.96. The average molecular weight is 553 g/mol. The van der Waals surface area contributed by atoms with Gasteiger partial charge in [0.1, 0.15) is 11.5 Å². The Hall–Kier alpha value is -3.02. The summed E-state index contributed by atoms with van der Waals surface area (Å²) in [4.78, 5) is 0. The molecular weight excluding hydrogens is 500 g/mol. The van der Waals surface area contributed by atoms with E-state index in [1.165, 1.54) is 51.4 Å². The van der Waals surface area contributed by atoms with Crippen molar-refractivity contribution in [2.45, 2.75) is 129 Å². The van der Waals surface area contributed by atoms with Gasteiger partial charge in [-0.05, 0) is 86.8 Å². The van der Waals surface area contributed by atoms with E-state index < -0.39 is 0 Å². The molecule has 4 N–H and O–H groups in total. The number of benzene rings is 2. The van der Waals surface area contributed by atoms with Gasteiger partial charge in [0.05, 0.1) is 11.4 Å². The number of nitrogens with zero attached hydrogens (tertiary/aromatic N) is 2. The molecule has 0 saturated carbocycles. The van der Waals surface area contributed by atoms with Crippen LogP contribution in [-0.4, -0.2) is 32.1 Å². The Balaban J connectivity index is 1.80. The van der Waals surface area contributed by atoms with Gasteiger partial charge in [-0.2, -0.15) is 0 Å². The maximum atomic E-state index is 10.4. The lowest BCUT2D eigenvalue weighted by Gasteiger charge is -2.11. The van der Waals surface area contributed by atoms with Crippen molar-refractivity contribution < 1.29 is 20.6 Å². The summed E-state index contributed by atoms with van der Waals surface area (Å²) in [6.45, 7) is 4.43. The molecule has 0 amide bonds. The Morgan fingerprint density at radius 1 is 0.525 bits per heavy atom. The fourth-order valence-corrected chi connectivity index (χ4v) is 5.22. The number of aryl methyl sites for hydroxylation is 2. The minimum atomic E-state index is 0.148. The molecule has 0 bridgehead atoms. The van der Waals surface area contributed by atoms with Crippen LogP contribution in [0, 0.1) is 0 Å². The lowest BCUT2D eigenvalue weighted by Crippen LogP contribution is -2.04. The molecule has 0 aromatic heterocycles. The first kappa shape index (κ1) is 33.2. The third-order valence-corrected chi connectivity index (χ3v) is 7.70. The monoisotopic (exact) mass is 552 g/mol. The van der Waals surface area contributed by atoms with Crippen molar-refractivity contribution in [1.29, 1.82) is 0 Å². The molecule has 0 atom stereocenters. The third kappa shape index (κ3) is 12.0. The van der Waals surface area contributed by atoms with E-state index in [-0.39, 0.29) is 11.5 Å². The van der Waals surface area contributed by atoms with Gasteiger partial charge in [-0.3, -0.25) is 0 Å². The molecular formula is C34H52N2O4. The van der Waals surface area contributed by atoms with Crippen molar-refractivity contribution >= 4 is 11.4 Å². The molecule has 0 aliphatic rings. The molecule has 0 saturated heterocycles. The van der Waals surface area contributed by atoms with Crippen molar-refractivity contribution in [3.05, 3.63) is 58.7 Å². The van der Waals surface area contributed by atoms with Crippen LogP contribution in [0.15, 0.2) is 46.7 Å². The number of aromatic hydroxyl groups is 2. The van der Waals surface area contributed by atoms with E-state index in [1.54, 1.807) is 12.1 Å². The first-order chi connectivity index (χ1) is 19.5. The Morgan fingerprint density at radius 2 is 0.900 bits per heavy atom. The van der Waals surface area contributed by atoms with Crippen molar-refractivity contribution in [3.8, 4) is 11.5 Å². The van der Waals surface area contributed by atoms with Crippen LogP contribution < -0.4 is 0 Å². The molecule has 2 aromatic carbocycles. The summed E-state index contributed by atoms with van der Waals surface area (Å²) in [5.74, 6) is 0.295. The van der Waals surface area contributed by atoms with Crippen LogP contribution in [0.25, 0.3) is 0 Å². The highest BCUT2D eigenvalue weighted by Gasteiger charge is 2.13. The summed E-state index contributed by atoms with van der Waals surface area (Å²) in [7, 11) is 0. The van der Waals surface area contributed by atoms with Crippen LogP contribution in [0.3, 0.4) is 0 Å². The number of hydrogen-bond acceptors (Lipinski definition) is 6. The zero-order valence-corrected chi connectivity index (χ0v) is 24.9. The van der Waals surface area contributed by atoms with Gasteiger partial charge in [-0.25, -0.2) is 0 Å². The SMILES string of the molecule is CCCCCCCc1ccc(O)c(C(CCCCCCC(=NO)c2cc(CCCCCCC)ccc2O)=NO)c1. The van der Waals surface area contributed by atoms with Crippen molar-refractivity contribution in [3.63, 3.8) is 0 Å². The van der Waals surface area contributed by atoms with Crippen LogP contribution in [0.1, 0.15) is 139 Å². The number of phenols is 2. The molecule has 0 unspecified atom stereocenters. The maximum absolute atomic E-state index is 10.4. The zero-order chi connectivity index (χ0) is 29.0. The quantitative estimate of drug-likeness (QED) is 0.0535. The summed E-state index contributed by atoms with van der Waals surface area (Å²) in [6.07, 6.45) is 18.7. The summed E-state index contributed by atoms with van der Waals surface area (Å²) in [5, 5.41) is 47.1. The number of hydrogen-bond donors (Lipinski definition) is 4. The van der Waals surface area contributed by atoms with E-state index >= 15 is 0 Å². The summed E-state index contributed by atoms with van der Waals surface area (Å²) in [5.41, 5.74) is 4.57. The Morgan fingerprint density at radius 3 is 1.27 bits per heavy atom. The van der Waals surface area contributed by atoms with Crippen molar-refractivity contribution in [2.75, 3.05) is 0 Å². The third-order valence-electron chi connectivity index (χ3n) is 7.70. The molecule has 2 aromatic rings. The van der Waals surface area contributed by atoms with Crippen LogP contribution in [0.4, 0.5) is 0 Å². The minimum absolute atomic E-state index is 0.148. The highest BCUT2D eigenvalue weighted by molar-refractivity contribution is 6.03. The minimum Gasteiger partial charge on any atom is -0.507 e. The van der Waals surface area contributed by atoms with Gasteiger partial charge < -0.3 is 20.6 Å². The highest BCUT2D eigenvalue weighted by atomic mass is 16.4. The summed E-state index contributed by atoms with van der Waals surface area (Å²) >= 11 is 0. The zero-order valence-electron chi connectivity index (χ0n) is 24.9. The molecule has 0 radical (unpaired) electrons. The van der Waals surface area contributed by atoms with Gasteiger partial charge in [-0.15, -0.1) is 0 Å². The lowest BCUT2D eigenvalue weighted by atomic mass is 9.96. The van der Waals surface area contributed by atoms with Gasteiger partial charge in [0.2, 0.25) is 0 Å². The van der Waals surface area contributed by atoms with E-state index in [0.29, 0.717) is 35.4 Å². The normalized spacial score (nSPS) is 12.2. The van der Waals surface area contributed by atoms with Gasteiger partial charge in [0.15, 0.2) is 0 Å². The molecule has 0 heterocycles. The predicted molar refractivity (Wildman–Crippen MR) is 165 cm³/mol. The standard InChI is InChI=1S/C34H52N2O4/c1-3-5-7-9-13-17-27-21-23-33(37)29(25-27)31(35-39)19-15-11-12-16-20-32(36-40)30-26-28(22-24-34(30)38)18-14-10-8-6-4-2/h21-26,37-40H,3-20H2,1-2H3. The van der Waals surface area contributed by atoms with E-state index in [2.05, 4.69) is 24.2 Å². The van der Waals surface area contributed by atoms with Crippen LogP contribution in [-0.2, 0) is 12.8 Å². The van der Waals surface area contributed by atoms with Gasteiger partial charge in [-0.1, -0.05) is 100 Å². The number of unbranched alkanes of at least 4 members (excludes halogenated alkanes) is 11. The van der Waals surface area contributed by atoms with Crippen LogP contribution >= 0.6 is 0 Å². The number of rotatable bonds is 21. The predicted octanol–water partition coefficient (Wildman–Crippen LogP) is 9.52. The van der Waals surface area contributed by atoms with E-state index in [4.69, 9.17) is 0 Å². The smallest absolute Gasteiger partial charge is 0.124 e. The Bertz CT molecular complexity index is 965. The van der Waals surface area contributed by atoms with Crippen molar-refractivity contribution in [1.82, 2.24) is 0 Å². The topological polar surface area (TPSA) is 106 Å². The first-order valence-electron chi connectivity index (χ1n) is 15.6. The maximum Gasteiger partial charge on any atom is 0.124 e. The lowest BCUT2D eigenvalue weighted by molar-refractivity contribution is 0.317. The number of oxime groups is 2. The fraction of sp³-hybridized carbons (Fsp3) is 0.588. The molecule has 40 heavy (non-hydrogen) atoms. The molecule has 6 nitrogen and oxygen atoms in total. The van der Waals surface area contributed by atoms with Crippen molar-refractivity contribution in [2.24, 2.45) is 10.3 Å². The number of phenolic OH excluding ortho intramolecular Hbond substituents is 2. The second-order valence-corrected chi connectivity index (χ2v) is 11.0. The first-order valence-corrected chi connectivity index (χ1v) is 15.6. The molecule has 0 aliphatic heterocycles. The molecule has 0 aliphatic carbocycles. The Labute approximate surface area is 241 Å². The van der Waals surface area contributed by atoms with E-state index in [1.807, 2.05) is 24.3 Å². The summed E-state index contributed by atoms with van der Waals surface area (Å²) < 4.78 is 0. The molecule has 0 spiro atoms. The highest BCUT2D eigenvalue weighted by Crippen LogP contribution is 2.25. The van der Waals surface area contributed by atoms with Crippen LogP contribution in [0.5, 0.6) is 11.5 Å².